The number of β-lactam (4-membered cyclic amide) rings is 1. The third-order valence-electron chi connectivity index (χ3n) is 8.52. The number of anilines is 1. The fraction of sp³-hybridized carbons (Fsp3) is 0.562. The second-order valence-electron chi connectivity index (χ2n) is 11.4. The number of likely N-dealkylation sites (N-methyl/N-ethyl adjacent to an activating group) is 1. The molecule has 2 aliphatic heterocycles. The van der Waals surface area contributed by atoms with Crippen LogP contribution in [0.25, 0.3) is 0 Å². The van der Waals surface area contributed by atoms with E-state index in [1.54, 1.807) is 43.6 Å². The Morgan fingerprint density at radius 3 is 2.48 bits per heavy atom. The maximum Gasteiger partial charge on any atom is 0.247 e. The van der Waals surface area contributed by atoms with Crippen LogP contribution in [0.1, 0.15) is 99.2 Å². The third kappa shape index (κ3) is 7.71. The van der Waals surface area contributed by atoms with Crippen molar-refractivity contribution in [2.75, 3.05) is 18.9 Å². The molecule has 1 aromatic heterocycles. The van der Waals surface area contributed by atoms with Gasteiger partial charge in [0.15, 0.2) is 0 Å². The van der Waals surface area contributed by atoms with Crippen LogP contribution in [0.4, 0.5) is 5.69 Å². The van der Waals surface area contributed by atoms with Gasteiger partial charge in [0.25, 0.3) is 0 Å². The van der Waals surface area contributed by atoms with Crippen molar-refractivity contribution >= 4 is 46.4 Å². The smallest absolute Gasteiger partial charge is 0.247 e. The molecular weight excluding hydrogens is 580 g/mol. The van der Waals surface area contributed by atoms with Gasteiger partial charge in [-0.25, -0.2) is 4.98 Å². The minimum atomic E-state index is -0.582. The first-order valence-electron chi connectivity index (χ1n) is 15.7. The first-order valence-corrected chi connectivity index (χ1v) is 16.6. The summed E-state index contributed by atoms with van der Waals surface area (Å²) in [5, 5.41) is 13.7. The van der Waals surface area contributed by atoms with Crippen molar-refractivity contribution in [2.45, 2.75) is 96.3 Å². The van der Waals surface area contributed by atoms with Gasteiger partial charge in [0.2, 0.25) is 29.4 Å². The lowest BCUT2D eigenvalue weighted by Crippen LogP contribution is -2.55. The van der Waals surface area contributed by atoms with E-state index in [0.29, 0.717) is 22.8 Å². The molecule has 3 aliphatic rings. The molecule has 4 N–H and O–H groups in total. The molecule has 4 amide bonds. The molecule has 1 saturated carbocycles. The standard InChI is InChI=1S/C30H38N6O5S.C2H6/c1-17(31-2)27(39)35-25(18-8-4-3-5-9-18)30(41)36-13-7-12-23(36)29-34-22(16-42-29)26(38)19-10-6-11-20(14-19)32-28(40)21-15-24(37)33-21;1-2/h6,10-11,14,16-18,21,23,25,31H,3-5,7-9,12-13,15H2,1-2H3,(H,32,40)(H,33,37)(H,35,39);1-2H3. The summed E-state index contributed by atoms with van der Waals surface area (Å²) in [6.45, 7) is 6.36. The van der Waals surface area contributed by atoms with Gasteiger partial charge < -0.3 is 26.2 Å². The minimum absolute atomic E-state index is 0.0739. The van der Waals surface area contributed by atoms with Gasteiger partial charge in [0.05, 0.1) is 18.5 Å². The summed E-state index contributed by atoms with van der Waals surface area (Å²) in [4.78, 5) is 70.1. The number of carbonyl (C=O) groups is 5. The van der Waals surface area contributed by atoms with Crippen LogP contribution in [0.15, 0.2) is 29.6 Å². The van der Waals surface area contributed by atoms with Gasteiger partial charge >= 0.3 is 0 Å². The highest BCUT2D eigenvalue weighted by Gasteiger charge is 2.40. The summed E-state index contributed by atoms with van der Waals surface area (Å²) >= 11 is 1.36. The molecule has 2 aromatic rings. The van der Waals surface area contributed by atoms with Crippen LogP contribution in [-0.4, -0.2) is 71.0 Å². The zero-order valence-electron chi connectivity index (χ0n) is 26.0. The summed E-state index contributed by atoms with van der Waals surface area (Å²) in [5.41, 5.74) is 1.11. The topological polar surface area (TPSA) is 150 Å². The van der Waals surface area contributed by atoms with Gasteiger partial charge in [0, 0.05) is 23.2 Å². The summed E-state index contributed by atoms with van der Waals surface area (Å²) < 4.78 is 0. The predicted octanol–water partition coefficient (Wildman–Crippen LogP) is 3.56. The van der Waals surface area contributed by atoms with E-state index in [9.17, 15) is 24.0 Å². The first-order chi connectivity index (χ1) is 21.2. The second kappa shape index (κ2) is 15.4. The van der Waals surface area contributed by atoms with E-state index < -0.39 is 18.1 Å². The first kappa shape index (κ1) is 33.3. The number of nitrogens with one attached hydrogen (secondary N) is 4. The summed E-state index contributed by atoms with van der Waals surface area (Å²) in [7, 11) is 1.72. The van der Waals surface area contributed by atoms with Crippen LogP contribution in [0.2, 0.25) is 0 Å². The fourth-order valence-corrected chi connectivity index (χ4v) is 6.85. The van der Waals surface area contributed by atoms with Crippen molar-refractivity contribution in [1.29, 1.82) is 0 Å². The monoisotopic (exact) mass is 624 g/mol. The van der Waals surface area contributed by atoms with Crippen LogP contribution in [0.5, 0.6) is 0 Å². The van der Waals surface area contributed by atoms with Crippen LogP contribution in [-0.2, 0) is 19.2 Å². The van der Waals surface area contributed by atoms with Crippen LogP contribution < -0.4 is 21.3 Å². The van der Waals surface area contributed by atoms with Crippen molar-refractivity contribution < 1.29 is 24.0 Å². The number of hydrogen-bond donors (Lipinski definition) is 4. The van der Waals surface area contributed by atoms with E-state index in [2.05, 4.69) is 26.3 Å². The Balaban J connectivity index is 0.00000216. The number of nitrogens with zero attached hydrogens (tertiary/aromatic N) is 2. The molecule has 12 heteroatoms. The van der Waals surface area contributed by atoms with E-state index in [0.717, 1.165) is 44.9 Å². The van der Waals surface area contributed by atoms with Gasteiger partial charge in [-0.05, 0) is 57.7 Å². The molecule has 3 heterocycles. The molecule has 11 nitrogen and oxygen atoms in total. The number of ketones is 1. The molecule has 4 unspecified atom stereocenters. The SMILES string of the molecule is CC.CNC(C)C(=O)NC(C(=O)N1CCCC1c1nc(C(=O)c2cccc(NC(=O)C3CC(=O)N3)c2)cs1)C1CCCCC1. The molecule has 0 bridgehead atoms. The number of aromatic nitrogens is 1. The quantitative estimate of drug-likeness (QED) is 0.233. The fourth-order valence-electron chi connectivity index (χ4n) is 5.90. The zero-order valence-corrected chi connectivity index (χ0v) is 26.8. The molecule has 238 valence electrons. The number of rotatable bonds is 10. The van der Waals surface area contributed by atoms with Crippen molar-refractivity contribution in [3.63, 3.8) is 0 Å². The summed E-state index contributed by atoms with van der Waals surface area (Å²) in [5.74, 6) is -0.940. The van der Waals surface area contributed by atoms with Gasteiger partial charge in [-0.2, -0.15) is 0 Å². The van der Waals surface area contributed by atoms with E-state index >= 15 is 0 Å². The maximum absolute atomic E-state index is 14.0. The highest BCUT2D eigenvalue weighted by Crippen LogP contribution is 2.36. The maximum atomic E-state index is 14.0. The van der Waals surface area contributed by atoms with Gasteiger partial charge in [-0.15, -0.1) is 11.3 Å². The normalized spacial score (nSPS) is 21.2. The van der Waals surface area contributed by atoms with Crippen LogP contribution in [0.3, 0.4) is 0 Å². The van der Waals surface area contributed by atoms with Crippen LogP contribution >= 0.6 is 11.3 Å². The average Bonchev–Trinajstić information content (AvgIpc) is 3.73. The summed E-state index contributed by atoms with van der Waals surface area (Å²) in [6.07, 6.45) is 6.78. The second-order valence-corrected chi connectivity index (χ2v) is 12.3. The zero-order chi connectivity index (χ0) is 31.8. The Labute approximate surface area is 262 Å². The molecular formula is C32H44N6O5S. The highest BCUT2D eigenvalue weighted by molar-refractivity contribution is 7.10. The van der Waals surface area contributed by atoms with Gasteiger partial charge in [0.1, 0.15) is 22.8 Å². The Kier molecular flexibility index (Phi) is 11.6. The lowest BCUT2D eigenvalue weighted by molar-refractivity contribution is -0.139. The van der Waals surface area contributed by atoms with E-state index in [4.69, 9.17) is 0 Å². The van der Waals surface area contributed by atoms with E-state index in [1.807, 2.05) is 18.7 Å². The molecule has 0 radical (unpaired) electrons. The molecule has 1 aromatic carbocycles. The van der Waals surface area contributed by atoms with Gasteiger partial charge in [-0.3, -0.25) is 24.0 Å². The van der Waals surface area contributed by atoms with Crippen molar-refractivity contribution in [3.05, 3.63) is 45.9 Å². The van der Waals surface area contributed by atoms with Crippen LogP contribution in [0, 0.1) is 5.92 Å². The number of amides is 4. The van der Waals surface area contributed by atoms with E-state index in [-0.39, 0.29) is 53.5 Å². The highest BCUT2D eigenvalue weighted by atomic mass is 32.1. The molecule has 5 rings (SSSR count). The van der Waals surface area contributed by atoms with Crippen molar-refractivity contribution in [3.8, 4) is 0 Å². The number of carbonyl (C=O) groups excluding carboxylic acids is 5. The molecule has 3 fully saturated rings. The Bertz CT molecular complexity index is 1350. The summed E-state index contributed by atoms with van der Waals surface area (Å²) in [6, 6.07) is 4.82. The molecule has 0 spiro atoms. The van der Waals surface area contributed by atoms with Gasteiger partial charge in [-0.1, -0.05) is 45.2 Å². The number of likely N-dealkylation sites (tertiary alicyclic amines) is 1. The average molecular weight is 625 g/mol. The lowest BCUT2D eigenvalue weighted by Gasteiger charge is -2.35. The lowest BCUT2D eigenvalue weighted by atomic mass is 9.83. The molecule has 2 saturated heterocycles. The Morgan fingerprint density at radius 1 is 1.07 bits per heavy atom. The molecule has 44 heavy (non-hydrogen) atoms. The van der Waals surface area contributed by atoms with Crippen molar-refractivity contribution in [1.82, 2.24) is 25.8 Å². The van der Waals surface area contributed by atoms with E-state index in [1.165, 1.54) is 11.3 Å². The Hall–Kier alpha value is -3.64. The van der Waals surface area contributed by atoms with Crippen molar-refractivity contribution in [2.24, 2.45) is 5.92 Å². The number of benzene rings is 1. The number of thiazole rings is 1. The predicted molar refractivity (Wildman–Crippen MR) is 169 cm³/mol. The third-order valence-corrected chi connectivity index (χ3v) is 9.47. The number of hydrogen-bond acceptors (Lipinski definition) is 8. The largest absolute Gasteiger partial charge is 0.344 e. The molecule has 1 aliphatic carbocycles. The molecule has 4 atom stereocenters. The minimum Gasteiger partial charge on any atom is -0.344 e. The Morgan fingerprint density at radius 2 is 1.80 bits per heavy atom.